The molecule has 2 aromatic rings. The van der Waals surface area contributed by atoms with Crippen LogP contribution < -0.4 is 14.8 Å². The number of amides is 1. The molecule has 1 aromatic carbocycles. The van der Waals surface area contributed by atoms with Crippen LogP contribution in [0.3, 0.4) is 0 Å². The zero-order chi connectivity index (χ0) is 14.7. The summed E-state index contributed by atoms with van der Waals surface area (Å²) in [6, 6.07) is 3.73. The van der Waals surface area contributed by atoms with Crippen LogP contribution in [-0.4, -0.2) is 24.1 Å². The van der Waals surface area contributed by atoms with Crippen LogP contribution >= 0.6 is 11.3 Å². The first-order chi connectivity index (χ1) is 10.3. The molecule has 1 aromatic heterocycles. The molecule has 2 heterocycles. The van der Waals surface area contributed by atoms with Crippen LogP contribution in [0.1, 0.15) is 6.92 Å². The van der Waals surface area contributed by atoms with Gasteiger partial charge in [-0.05, 0) is 6.92 Å². The fourth-order valence-corrected chi connectivity index (χ4v) is 2.80. The van der Waals surface area contributed by atoms with E-state index in [1.54, 1.807) is 12.2 Å². The average molecular weight is 302 g/mol. The molecule has 1 aliphatic rings. The van der Waals surface area contributed by atoms with Gasteiger partial charge in [-0.3, -0.25) is 10.1 Å². The van der Waals surface area contributed by atoms with Crippen molar-refractivity contribution in [1.82, 2.24) is 4.98 Å². The Bertz CT molecular complexity index is 691. The maximum Gasteiger partial charge on any atom is 0.250 e. The SMILES string of the molecule is C/C=C/C=C/C(=O)Nc1nc2cc3c(cc2s1)OCCO3. The van der Waals surface area contributed by atoms with Crippen molar-refractivity contribution in [2.75, 3.05) is 18.5 Å². The number of anilines is 1. The predicted molar refractivity (Wildman–Crippen MR) is 83.2 cm³/mol. The maximum absolute atomic E-state index is 11.7. The number of benzene rings is 1. The Morgan fingerprint density at radius 2 is 2.05 bits per heavy atom. The van der Waals surface area contributed by atoms with Gasteiger partial charge in [-0.15, -0.1) is 0 Å². The second kappa shape index (κ2) is 5.97. The molecule has 0 atom stereocenters. The summed E-state index contributed by atoms with van der Waals surface area (Å²) in [7, 11) is 0. The van der Waals surface area contributed by atoms with Gasteiger partial charge in [0, 0.05) is 18.2 Å². The van der Waals surface area contributed by atoms with Gasteiger partial charge in [-0.25, -0.2) is 4.98 Å². The number of nitrogens with one attached hydrogen (secondary N) is 1. The summed E-state index contributed by atoms with van der Waals surface area (Å²) >= 11 is 1.41. The molecule has 0 aliphatic carbocycles. The smallest absolute Gasteiger partial charge is 0.250 e. The second-order valence-corrected chi connectivity index (χ2v) is 5.39. The first-order valence-electron chi connectivity index (χ1n) is 6.57. The second-order valence-electron chi connectivity index (χ2n) is 4.36. The number of fused-ring (bicyclic) bond motifs is 2. The van der Waals surface area contributed by atoms with Crippen LogP contribution in [0.5, 0.6) is 11.5 Å². The number of aromatic nitrogens is 1. The Labute approximate surface area is 125 Å². The van der Waals surface area contributed by atoms with Gasteiger partial charge >= 0.3 is 0 Å². The average Bonchev–Trinajstić information content (AvgIpc) is 2.85. The highest BCUT2D eigenvalue weighted by atomic mass is 32.1. The summed E-state index contributed by atoms with van der Waals surface area (Å²) < 4.78 is 12.0. The van der Waals surface area contributed by atoms with E-state index in [0.29, 0.717) is 24.1 Å². The van der Waals surface area contributed by atoms with Crippen molar-refractivity contribution in [2.24, 2.45) is 0 Å². The molecule has 0 spiro atoms. The van der Waals surface area contributed by atoms with E-state index in [1.807, 2.05) is 25.1 Å². The summed E-state index contributed by atoms with van der Waals surface area (Å²) in [6.07, 6.45) is 6.79. The van der Waals surface area contributed by atoms with Gasteiger partial charge in [0.2, 0.25) is 5.91 Å². The molecule has 0 fully saturated rings. The number of allylic oxidation sites excluding steroid dienone is 3. The Kier molecular flexibility index (Phi) is 3.87. The van der Waals surface area contributed by atoms with Crippen LogP contribution in [0.2, 0.25) is 0 Å². The lowest BCUT2D eigenvalue weighted by Crippen LogP contribution is -2.15. The maximum atomic E-state index is 11.7. The van der Waals surface area contributed by atoms with Crippen molar-refractivity contribution in [3.8, 4) is 11.5 Å². The topological polar surface area (TPSA) is 60.5 Å². The summed E-state index contributed by atoms with van der Waals surface area (Å²) in [6.45, 7) is 2.99. The fourth-order valence-electron chi connectivity index (χ4n) is 1.92. The Balaban J connectivity index is 1.82. The molecule has 6 heteroatoms. The van der Waals surface area contributed by atoms with Gasteiger partial charge in [-0.2, -0.15) is 0 Å². The Morgan fingerprint density at radius 1 is 1.29 bits per heavy atom. The van der Waals surface area contributed by atoms with E-state index in [9.17, 15) is 4.79 Å². The molecule has 5 nitrogen and oxygen atoms in total. The van der Waals surface area contributed by atoms with Gasteiger partial charge in [0.25, 0.3) is 0 Å². The van der Waals surface area contributed by atoms with Gasteiger partial charge in [0.1, 0.15) is 13.2 Å². The molecule has 0 saturated heterocycles. The van der Waals surface area contributed by atoms with Gasteiger partial charge < -0.3 is 9.47 Å². The molecular formula is C15H14N2O3S. The van der Waals surface area contributed by atoms with E-state index in [4.69, 9.17) is 9.47 Å². The van der Waals surface area contributed by atoms with E-state index < -0.39 is 0 Å². The fraction of sp³-hybridized carbons (Fsp3) is 0.200. The minimum atomic E-state index is -0.204. The largest absolute Gasteiger partial charge is 0.486 e. The van der Waals surface area contributed by atoms with Gasteiger partial charge in [-0.1, -0.05) is 29.6 Å². The molecule has 21 heavy (non-hydrogen) atoms. The molecule has 0 radical (unpaired) electrons. The third-order valence-corrected chi connectivity index (χ3v) is 3.77. The van der Waals surface area contributed by atoms with E-state index in [0.717, 1.165) is 16.0 Å². The molecule has 3 rings (SSSR count). The van der Waals surface area contributed by atoms with Crippen molar-refractivity contribution in [1.29, 1.82) is 0 Å². The lowest BCUT2D eigenvalue weighted by molar-refractivity contribution is -0.111. The number of thiazole rings is 1. The summed E-state index contributed by atoms with van der Waals surface area (Å²) in [5.74, 6) is 1.22. The Hall–Kier alpha value is -2.34. The lowest BCUT2D eigenvalue weighted by atomic mass is 10.3. The minimum absolute atomic E-state index is 0.204. The standard InChI is InChI=1S/C15H14N2O3S/c1-2-3-4-5-14(18)17-15-16-10-8-11-12(9-13(10)21-15)20-7-6-19-11/h2-5,8-9H,6-7H2,1H3,(H,16,17,18)/b3-2+,5-4+. The summed E-state index contributed by atoms with van der Waals surface area (Å²) in [5, 5.41) is 3.30. The highest BCUT2D eigenvalue weighted by Crippen LogP contribution is 2.37. The zero-order valence-electron chi connectivity index (χ0n) is 11.5. The van der Waals surface area contributed by atoms with E-state index in [-0.39, 0.29) is 5.91 Å². The Morgan fingerprint density at radius 3 is 2.81 bits per heavy atom. The number of carbonyl (C=O) groups excluding carboxylic acids is 1. The molecule has 0 bridgehead atoms. The molecule has 1 N–H and O–H groups in total. The van der Waals surface area contributed by atoms with Crippen molar-refractivity contribution >= 4 is 32.6 Å². The van der Waals surface area contributed by atoms with Crippen molar-refractivity contribution in [2.45, 2.75) is 6.92 Å². The number of carbonyl (C=O) groups is 1. The molecule has 0 unspecified atom stereocenters. The molecule has 1 amide bonds. The van der Waals surface area contributed by atoms with Crippen LogP contribution in [0.15, 0.2) is 36.4 Å². The normalized spacial score (nSPS) is 14.1. The van der Waals surface area contributed by atoms with E-state index >= 15 is 0 Å². The van der Waals surface area contributed by atoms with Gasteiger partial charge in [0.15, 0.2) is 16.6 Å². The number of nitrogens with zero attached hydrogens (tertiary/aromatic N) is 1. The van der Waals surface area contributed by atoms with Crippen LogP contribution in [0, 0.1) is 0 Å². The third kappa shape index (κ3) is 3.05. The first kappa shape index (κ1) is 13.6. The van der Waals surface area contributed by atoms with Crippen molar-refractivity contribution in [3.63, 3.8) is 0 Å². The van der Waals surface area contributed by atoms with Crippen LogP contribution in [-0.2, 0) is 4.79 Å². The lowest BCUT2D eigenvalue weighted by Gasteiger charge is -2.17. The quantitative estimate of drug-likeness (QED) is 0.699. The molecule has 0 saturated carbocycles. The zero-order valence-corrected chi connectivity index (χ0v) is 12.3. The number of rotatable bonds is 3. The number of ether oxygens (including phenoxy) is 2. The van der Waals surface area contributed by atoms with Crippen molar-refractivity contribution < 1.29 is 14.3 Å². The molecule has 1 aliphatic heterocycles. The predicted octanol–water partition coefficient (Wildman–Crippen LogP) is 3.14. The summed E-state index contributed by atoms with van der Waals surface area (Å²) in [4.78, 5) is 16.1. The monoisotopic (exact) mass is 302 g/mol. The first-order valence-corrected chi connectivity index (χ1v) is 7.38. The minimum Gasteiger partial charge on any atom is -0.486 e. The number of hydrogen-bond acceptors (Lipinski definition) is 5. The van der Waals surface area contributed by atoms with E-state index in [1.165, 1.54) is 17.4 Å². The summed E-state index contributed by atoms with van der Waals surface area (Å²) in [5.41, 5.74) is 0.789. The highest BCUT2D eigenvalue weighted by molar-refractivity contribution is 7.22. The highest BCUT2D eigenvalue weighted by Gasteiger charge is 2.15. The van der Waals surface area contributed by atoms with Gasteiger partial charge in [0.05, 0.1) is 10.2 Å². The molecule has 108 valence electrons. The van der Waals surface area contributed by atoms with E-state index in [2.05, 4.69) is 10.3 Å². The van der Waals surface area contributed by atoms with Crippen LogP contribution in [0.25, 0.3) is 10.2 Å². The van der Waals surface area contributed by atoms with Crippen molar-refractivity contribution in [3.05, 3.63) is 36.4 Å². The van der Waals surface area contributed by atoms with Crippen LogP contribution in [0.4, 0.5) is 5.13 Å². The third-order valence-electron chi connectivity index (χ3n) is 2.83. The molecular weight excluding hydrogens is 288 g/mol. The number of hydrogen-bond donors (Lipinski definition) is 1.